The van der Waals surface area contributed by atoms with Crippen molar-refractivity contribution in [1.29, 1.82) is 0 Å². The highest BCUT2D eigenvalue weighted by Crippen LogP contribution is 2.31. The van der Waals surface area contributed by atoms with Gasteiger partial charge in [-0.1, -0.05) is 57.7 Å². The molecule has 0 aliphatic carbocycles. The Bertz CT molecular complexity index is 372. The molecule has 0 heterocycles. The van der Waals surface area contributed by atoms with E-state index in [1.54, 1.807) is 13.2 Å². The largest absolute Gasteiger partial charge is 0.492 e. The van der Waals surface area contributed by atoms with Gasteiger partial charge in [0, 0.05) is 11.6 Å². The van der Waals surface area contributed by atoms with Crippen molar-refractivity contribution < 1.29 is 9.47 Å². The lowest BCUT2D eigenvalue weighted by Crippen LogP contribution is -2.00. The van der Waals surface area contributed by atoms with Crippen molar-refractivity contribution in [3.05, 3.63) is 30.3 Å². The van der Waals surface area contributed by atoms with E-state index in [4.69, 9.17) is 16.1 Å². The third kappa shape index (κ3) is 5.37. The third-order valence-electron chi connectivity index (χ3n) is 3.07. The molecule has 0 amide bonds. The van der Waals surface area contributed by atoms with Crippen LogP contribution in [-0.2, 0) is 0 Å². The van der Waals surface area contributed by atoms with Crippen LogP contribution in [0.5, 0.6) is 11.5 Å². The highest BCUT2D eigenvalue weighted by Gasteiger charge is 2.07. The topological polar surface area (TPSA) is 18.5 Å². The molecular formula is C17H24O2. The number of rotatable bonds is 10. The number of hydrogen-bond donors (Lipinski definition) is 0. The van der Waals surface area contributed by atoms with Crippen LogP contribution in [0, 0.1) is 12.6 Å². The van der Waals surface area contributed by atoms with Crippen LogP contribution in [0.1, 0.15) is 51.0 Å². The molecule has 0 aliphatic rings. The fraction of sp³-hybridized carbons (Fsp3) is 0.529. The van der Waals surface area contributed by atoms with Crippen molar-refractivity contribution in [2.45, 2.75) is 45.4 Å². The summed E-state index contributed by atoms with van der Waals surface area (Å²) in [5.41, 5.74) is 0.833. The van der Waals surface area contributed by atoms with Gasteiger partial charge in [0.25, 0.3) is 0 Å². The van der Waals surface area contributed by atoms with Gasteiger partial charge in [0.1, 0.15) is 0 Å². The number of benzene rings is 1. The summed E-state index contributed by atoms with van der Waals surface area (Å²) < 4.78 is 11.0. The molecule has 0 unspecified atom stereocenters. The lowest BCUT2D eigenvalue weighted by atomic mass is 10.1. The summed E-state index contributed by atoms with van der Waals surface area (Å²) in [6, 6.07) is 6.71. The Balaban J connectivity index is 2.35. The summed E-state index contributed by atoms with van der Waals surface area (Å²) in [4.78, 5) is 0. The van der Waals surface area contributed by atoms with Crippen LogP contribution < -0.4 is 9.47 Å². The highest BCUT2D eigenvalue weighted by atomic mass is 16.5. The van der Waals surface area contributed by atoms with Crippen molar-refractivity contribution >= 4 is 6.08 Å². The van der Waals surface area contributed by atoms with Crippen molar-refractivity contribution in [2.75, 3.05) is 13.7 Å². The summed E-state index contributed by atoms with van der Waals surface area (Å²) >= 11 is 0. The zero-order valence-corrected chi connectivity index (χ0v) is 12.1. The normalized spacial score (nSPS) is 10.2. The predicted molar refractivity (Wildman–Crippen MR) is 79.5 cm³/mol. The van der Waals surface area contributed by atoms with Crippen molar-refractivity contribution in [2.24, 2.45) is 0 Å². The molecule has 0 aromatic heterocycles. The Hall–Kier alpha value is -1.44. The molecule has 2 radical (unpaired) electrons. The Morgan fingerprint density at radius 2 is 1.95 bits per heavy atom. The lowest BCUT2D eigenvalue weighted by Gasteiger charge is -2.12. The van der Waals surface area contributed by atoms with Crippen LogP contribution in [-0.4, -0.2) is 13.7 Å². The molecule has 0 atom stereocenters. The van der Waals surface area contributed by atoms with Crippen LogP contribution in [0.3, 0.4) is 0 Å². The van der Waals surface area contributed by atoms with E-state index in [0.29, 0.717) is 18.1 Å². The molecule has 0 fully saturated rings. The number of unbranched alkanes of at least 4 members (excludes halogenated alkanes) is 5. The van der Waals surface area contributed by atoms with Gasteiger partial charge in [0.05, 0.1) is 13.7 Å². The second-order valence-electron chi connectivity index (χ2n) is 4.58. The van der Waals surface area contributed by atoms with Crippen molar-refractivity contribution in [3.63, 3.8) is 0 Å². The Morgan fingerprint density at radius 1 is 1.21 bits per heavy atom. The molecule has 0 saturated heterocycles. The second kappa shape index (κ2) is 9.48. The molecule has 104 valence electrons. The summed E-state index contributed by atoms with van der Waals surface area (Å²) in [6.07, 6.45) is 9.02. The molecule has 0 N–H and O–H groups in total. The van der Waals surface area contributed by atoms with E-state index in [2.05, 4.69) is 13.0 Å². The van der Waals surface area contributed by atoms with Gasteiger partial charge in [-0.3, -0.25) is 0 Å². The second-order valence-corrected chi connectivity index (χ2v) is 4.58. The summed E-state index contributed by atoms with van der Waals surface area (Å²) in [5.74, 6) is 1.31. The molecule has 1 aromatic carbocycles. The third-order valence-corrected chi connectivity index (χ3v) is 3.07. The first-order chi connectivity index (χ1) is 9.33. The molecular weight excluding hydrogens is 236 g/mol. The standard InChI is InChI=1S/C17H24O2/c1-4-6-7-8-9-10-14-19-16-13-11-12-15(5-2)17(16)18-3/h2,5,11-12H,4,6-10,14H2,1,3H3. The van der Waals surface area contributed by atoms with E-state index in [1.807, 2.05) is 6.07 Å². The molecule has 19 heavy (non-hydrogen) atoms. The molecule has 0 aliphatic heterocycles. The van der Waals surface area contributed by atoms with Crippen LogP contribution in [0.2, 0.25) is 0 Å². The van der Waals surface area contributed by atoms with Gasteiger partial charge in [0.15, 0.2) is 11.5 Å². The van der Waals surface area contributed by atoms with Crippen LogP contribution in [0.4, 0.5) is 0 Å². The summed E-state index contributed by atoms with van der Waals surface area (Å²) in [5, 5.41) is 0. The van der Waals surface area contributed by atoms with Gasteiger partial charge in [-0.15, -0.1) is 0 Å². The summed E-state index contributed by atoms with van der Waals surface area (Å²) in [7, 11) is 1.62. The van der Waals surface area contributed by atoms with Crippen molar-refractivity contribution in [1.82, 2.24) is 0 Å². The molecule has 0 spiro atoms. The van der Waals surface area contributed by atoms with Crippen LogP contribution in [0.15, 0.2) is 12.1 Å². The van der Waals surface area contributed by atoms with Crippen LogP contribution in [0.25, 0.3) is 6.08 Å². The highest BCUT2D eigenvalue weighted by molar-refractivity contribution is 5.60. The molecule has 2 heteroatoms. The number of ether oxygens (including phenoxy) is 2. The van der Waals surface area contributed by atoms with E-state index in [9.17, 15) is 0 Å². The maximum absolute atomic E-state index is 5.72. The van der Waals surface area contributed by atoms with E-state index < -0.39 is 0 Å². The molecule has 1 aromatic rings. The first kappa shape index (κ1) is 15.6. The van der Waals surface area contributed by atoms with Crippen molar-refractivity contribution in [3.8, 4) is 11.5 Å². The number of methoxy groups -OCH3 is 1. The average molecular weight is 260 g/mol. The molecule has 0 bridgehead atoms. The van der Waals surface area contributed by atoms with Crippen LogP contribution >= 0.6 is 0 Å². The molecule has 0 saturated carbocycles. The Morgan fingerprint density at radius 3 is 2.63 bits per heavy atom. The van der Waals surface area contributed by atoms with Gasteiger partial charge in [-0.25, -0.2) is 0 Å². The Kier molecular flexibility index (Phi) is 7.80. The van der Waals surface area contributed by atoms with E-state index in [0.717, 1.165) is 12.0 Å². The summed E-state index contributed by atoms with van der Waals surface area (Å²) in [6.45, 7) is 8.47. The smallest absolute Gasteiger partial charge is 0.169 e. The minimum Gasteiger partial charge on any atom is -0.492 e. The average Bonchev–Trinajstić information content (AvgIpc) is 2.45. The van der Waals surface area contributed by atoms with Gasteiger partial charge in [-0.05, 0) is 12.5 Å². The van der Waals surface area contributed by atoms with E-state index in [-0.39, 0.29) is 0 Å². The minimum atomic E-state index is 0.648. The Labute approximate surface area is 117 Å². The maximum Gasteiger partial charge on any atom is 0.169 e. The fourth-order valence-corrected chi connectivity index (χ4v) is 1.99. The quantitative estimate of drug-likeness (QED) is 0.569. The minimum absolute atomic E-state index is 0.648. The van der Waals surface area contributed by atoms with Gasteiger partial charge in [-0.2, -0.15) is 0 Å². The SMILES string of the molecule is [CH]=Cc1cc[c]c(OCCCCCCCC)c1OC. The van der Waals surface area contributed by atoms with Gasteiger partial charge >= 0.3 is 0 Å². The van der Waals surface area contributed by atoms with E-state index >= 15 is 0 Å². The fourth-order valence-electron chi connectivity index (χ4n) is 1.99. The first-order valence-corrected chi connectivity index (χ1v) is 7.09. The zero-order chi connectivity index (χ0) is 13.9. The molecule has 2 nitrogen and oxygen atoms in total. The predicted octanol–water partition coefficient (Wildman–Crippen LogP) is 4.68. The monoisotopic (exact) mass is 260 g/mol. The first-order valence-electron chi connectivity index (χ1n) is 7.09. The molecule has 1 rings (SSSR count). The van der Waals surface area contributed by atoms with Gasteiger partial charge in [0.2, 0.25) is 0 Å². The van der Waals surface area contributed by atoms with E-state index in [1.165, 1.54) is 38.2 Å². The zero-order valence-electron chi connectivity index (χ0n) is 12.1. The van der Waals surface area contributed by atoms with Gasteiger partial charge < -0.3 is 9.47 Å². The lowest BCUT2D eigenvalue weighted by molar-refractivity contribution is 0.284. The maximum atomic E-state index is 5.72. The number of hydrogen-bond acceptors (Lipinski definition) is 2.